The summed E-state index contributed by atoms with van der Waals surface area (Å²) in [5.74, 6) is -1.58. The number of amides is 1. The van der Waals surface area contributed by atoms with Gasteiger partial charge in [-0.1, -0.05) is 11.6 Å². The molecule has 108 valence electrons. The number of rotatable bonds is 4. The maximum Gasteiger partial charge on any atom is 0.323 e. The van der Waals surface area contributed by atoms with Crippen molar-refractivity contribution >= 4 is 29.2 Å². The number of benzene rings is 1. The van der Waals surface area contributed by atoms with E-state index in [1.54, 1.807) is 24.3 Å². The minimum absolute atomic E-state index is 0.189. The molecule has 1 fully saturated rings. The molecule has 0 bridgehead atoms. The van der Waals surface area contributed by atoms with Gasteiger partial charge >= 0.3 is 5.97 Å². The summed E-state index contributed by atoms with van der Waals surface area (Å²) in [6.45, 7) is 1.99. The fraction of sp³-hybridized carbons (Fsp3) is 0.429. The average Bonchev–Trinajstić information content (AvgIpc) is 2.82. The van der Waals surface area contributed by atoms with Crippen molar-refractivity contribution in [2.24, 2.45) is 5.92 Å². The van der Waals surface area contributed by atoms with Crippen molar-refractivity contribution in [2.75, 3.05) is 18.1 Å². The van der Waals surface area contributed by atoms with Gasteiger partial charge in [0.15, 0.2) is 0 Å². The number of hydrogen-bond donors (Lipinski definition) is 1. The molecule has 0 aromatic heterocycles. The Labute approximate surface area is 122 Å². The van der Waals surface area contributed by atoms with Gasteiger partial charge in [0.05, 0.1) is 12.0 Å². The summed E-state index contributed by atoms with van der Waals surface area (Å²) in [5.41, 5.74) is 0.529. The van der Waals surface area contributed by atoms with Crippen LogP contribution in [0.3, 0.4) is 0 Å². The van der Waals surface area contributed by atoms with Crippen molar-refractivity contribution in [2.45, 2.75) is 19.4 Å². The predicted octanol–water partition coefficient (Wildman–Crippen LogP) is 2.18. The van der Waals surface area contributed by atoms with Gasteiger partial charge in [-0.25, -0.2) is 0 Å². The van der Waals surface area contributed by atoms with Crippen LogP contribution >= 0.6 is 11.6 Å². The van der Waals surface area contributed by atoms with E-state index in [2.05, 4.69) is 0 Å². The normalized spacial score (nSPS) is 21.7. The SMILES string of the molecule is CC1OCCC1C(=O)N(CC(=O)O)c1ccc(Cl)cc1. The Morgan fingerprint density at radius 1 is 1.40 bits per heavy atom. The Hall–Kier alpha value is -1.59. The molecule has 2 unspecified atom stereocenters. The summed E-state index contributed by atoms with van der Waals surface area (Å²) < 4.78 is 5.38. The molecule has 1 aliphatic rings. The molecule has 1 aromatic rings. The van der Waals surface area contributed by atoms with E-state index >= 15 is 0 Å². The smallest absolute Gasteiger partial charge is 0.323 e. The van der Waals surface area contributed by atoms with E-state index < -0.39 is 5.97 Å². The van der Waals surface area contributed by atoms with Gasteiger partial charge in [-0.05, 0) is 37.6 Å². The molecule has 1 N–H and O–H groups in total. The van der Waals surface area contributed by atoms with Crippen molar-refractivity contribution < 1.29 is 19.4 Å². The highest BCUT2D eigenvalue weighted by Gasteiger charge is 2.35. The molecule has 1 aromatic carbocycles. The van der Waals surface area contributed by atoms with Crippen LogP contribution in [-0.2, 0) is 14.3 Å². The summed E-state index contributed by atoms with van der Waals surface area (Å²) >= 11 is 5.81. The van der Waals surface area contributed by atoms with Crippen LogP contribution in [0, 0.1) is 5.92 Å². The Morgan fingerprint density at radius 2 is 2.05 bits per heavy atom. The first-order valence-electron chi connectivity index (χ1n) is 6.39. The molecule has 2 rings (SSSR count). The highest BCUT2D eigenvalue weighted by molar-refractivity contribution is 6.30. The highest BCUT2D eigenvalue weighted by atomic mass is 35.5. The maximum absolute atomic E-state index is 12.5. The molecule has 1 saturated heterocycles. The van der Waals surface area contributed by atoms with Crippen LogP contribution in [0.4, 0.5) is 5.69 Å². The second-order valence-corrected chi connectivity index (χ2v) is 5.20. The number of carbonyl (C=O) groups excluding carboxylic acids is 1. The van der Waals surface area contributed by atoms with E-state index in [1.165, 1.54) is 4.90 Å². The third-order valence-corrected chi connectivity index (χ3v) is 3.64. The molecule has 1 amide bonds. The second kappa shape index (κ2) is 6.24. The molecular formula is C14H16ClNO4. The molecule has 1 aliphatic heterocycles. The number of carbonyl (C=O) groups is 2. The third-order valence-electron chi connectivity index (χ3n) is 3.39. The lowest BCUT2D eigenvalue weighted by Gasteiger charge is -2.25. The van der Waals surface area contributed by atoms with Gasteiger partial charge in [-0.15, -0.1) is 0 Å². The quantitative estimate of drug-likeness (QED) is 0.925. The molecular weight excluding hydrogens is 282 g/mol. The summed E-state index contributed by atoms with van der Waals surface area (Å²) in [7, 11) is 0. The fourth-order valence-corrected chi connectivity index (χ4v) is 2.43. The molecule has 0 radical (unpaired) electrons. The van der Waals surface area contributed by atoms with Crippen LogP contribution in [0.15, 0.2) is 24.3 Å². The van der Waals surface area contributed by atoms with Gasteiger partial charge < -0.3 is 14.7 Å². The minimum Gasteiger partial charge on any atom is -0.480 e. The molecule has 0 aliphatic carbocycles. The number of nitrogens with zero attached hydrogens (tertiary/aromatic N) is 1. The summed E-state index contributed by atoms with van der Waals surface area (Å²) in [4.78, 5) is 24.8. The van der Waals surface area contributed by atoms with Gasteiger partial charge in [-0.3, -0.25) is 9.59 Å². The van der Waals surface area contributed by atoms with Crippen molar-refractivity contribution in [3.8, 4) is 0 Å². The molecule has 2 atom stereocenters. The molecule has 5 nitrogen and oxygen atoms in total. The summed E-state index contributed by atoms with van der Waals surface area (Å²) in [6.07, 6.45) is 0.426. The van der Waals surface area contributed by atoms with E-state index in [4.69, 9.17) is 21.4 Å². The Bertz CT molecular complexity index is 502. The van der Waals surface area contributed by atoms with E-state index in [1.807, 2.05) is 6.92 Å². The monoisotopic (exact) mass is 297 g/mol. The number of hydrogen-bond acceptors (Lipinski definition) is 3. The van der Waals surface area contributed by atoms with E-state index in [0.717, 1.165) is 0 Å². The topological polar surface area (TPSA) is 66.8 Å². The Morgan fingerprint density at radius 3 is 2.55 bits per heavy atom. The molecule has 1 heterocycles. The van der Waals surface area contributed by atoms with Crippen LogP contribution < -0.4 is 4.90 Å². The third kappa shape index (κ3) is 3.29. The number of aliphatic carboxylic acids is 1. The van der Waals surface area contributed by atoms with Crippen molar-refractivity contribution in [1.82, 2.24) is 0 Å². The van der Waals surface area contributed by atoms with E-state index in [9.17, 15) is 9.59 Å². The van der Waals surface area contributed by atoms with Gasteiger partial charge in [-0.2, -0.15) is 0 Å². The fourth-order valence-electron chi connectivity index (χ4n) is 2.31. The zero-order valence-electron chi connectivity index (χ0n) is 11.1. The van der Waals surface area contributed by atoms with Crippen LogP contribution in [0.25, 0.3) is 0 Å². The highest BCUT2D eigenvalue weighted by Crippen LogP contribution is 2.26. The van der Waals surface area contributed by atoms with Crippen LogP contribution in [0.1, 0.15) is 13.3 Å². The lowest BCUT2D eigenvalue weighted by Crippen LogP contribution is -2.41. The second-order valence-electron chi connectivity index (χ2n) is 4.77. The first kappa shape index (κ1) is 14.8. The Balaban J connectivity index is 2.24. The molecule has 0 spiro atoms. The lowest BCUT2D eigenvalue weighted by atomic mass is 10.0. The van der Waals surface area contributed by atoms with Gasteiger partial charge in [0.25, 0.3) is 0 Å². The maximum atomic E-state index is 12.5. The molecule has 20 heavy (non-hydrogen) atoms. The molecule has 6 heteroatoms. The summed E-state index contributed by atoms with van der Waals surface area (Å²) in [5, 5.41) is 9.54. The largest absolute Gasteiger partial charge is 0.480 e. The van der Waals surface area contributed by atoms with Crippen LogP contribution in [0.5, 0.6) is 0 Å². The number of carboxylic acids is 1. The zero-order chi connectivity index (χ0) is 14.7. The number of carboxylic acid groups (broad SMARTS) is 1. The van der Waals surface area contributed by atoms with Crippen LogP contribution in [-0.4, -0.2) is 36.2 Å². The first-order valence-corrected chi connectivity index (χ1v) is 6.77. The minimum atomic E-state index is -1.06. The van der Waals surface area contributed by atoms with E-state index in [0.29, 0.717) is 23.7 Å². The zero-order valence-corrected chi connectivity index (χ0v) is 11.8. The molecule has 0 saturated carbocycles. The Kier molecular flexibility index (Phi) is 4.62. The predicted molar refractivity (Wildman–Crippen MR) is 75.0 cm³/mol. The van der Waals surface area contributed by atoms with Gasteiger partial charge in [0.1, 0.15) is 6.54 Å². The van der Waals surface area contributed by atoms with Crippen LogP contribution in [0.2, 0.25) is 5.02 Å². The van der Waals surface area contributed by atoms with Gasteiger partial charge in [0.2, 0.25) is 5.91 Å². The standard InChI is InChI=1S/C14H16ClNO4/c1-9-12(6-7-20-9)14(19)16(8-13(17)18)11-4-2-10(15)3-5-11/h2-5,9,12H,6-8H2,1H3,(H,17,18). The van der Waals surface area contributed by atoms with Crippen molar-refractivity contribution in [3.05, 3.63) is 29.3 Å². The van der Waals surface area contributed by atoms with E-state index in [-0.39, 0.29) is 24.5 Å². The van der Waals surface area contributed by atoms with Gasteiger partial charge in [0, 0.05) is 17.3 Å². The number of halogens is 1. The summed E-state index contributed by atoms with van der Waals surface area (Å²) in [6, 6.07) is 6.55. The first-order chi connectivity index (χ1) is 9.49. The average molecular weight is 298 g/mol. The van der Waals surface area contributed by atoms with Crippen molar-refractivity contribution in [3.63, 3.8) is 0 Å². The number of anilines is 1. The van der Waals surface area contributed by atoms with Crippen molar-refractivity contribution in [1.29, 1.82) is 0 Å². The lowest BCUT2D eigenvalue weighted by molar-refractivity contribution is -0.137. The number of ether oxygens (including phenoxy) is 1.